The zero-order chi connectivity index (χ0) is 13.7. The van der Waals surface area contributed by atoms with Gasteiger partial charge in [-0.3, -0.25) is 4.98 Å². The van der Waals surface area contributed by atoms with E-state index in [9.17, 15) is 4.79 Å². The third kappa shape index (κ3) is 3.91. The van der Waals surface area contributed by atoms with Gasteiger partial charge in [0.25, 0.3) is 0 Å². The van der Waals surface area contributed by atoms with Gasteiger partial charge in [-0.25, -0.2) is 0 Å². The largest absolute Gasteiger partial charge is 0.489 e. The molecule has 0 radical (unpaired) electrons. The molecule has 3 nitrogen and oxygen atoms in total. The SMILES string of the molecule is Cc1cc(COc2ccc(CC=O)cc2)cc(C)n1. The maximum Gasteiger partial charge on any atom is 0.124 e. The van der Waals surface area contributed by atoms with E-state index in [1.165, 1.54) is 0 Å². The van der Waals surface area contributed by atoms with Crippen molar-refractivity contribution in [3.05, 3.63) is 58.9 Å². The molecule has 0 bridgehead atoms. The van der Waals surface area contributed by atoms with Crippen molar-refractivity contribution in [1.82, 2.24) is 4.98 Å². The van der Waals surface area contributed by atoms with E-state index >= 15 is 0 Å². The molecule has 0 aliphatic rings. The van der Waals surface area contributed by atoms with Crippen molar-refractivity contribution in [3.8, 4) is 5.75 Å². The zero-order valence-corrected chi connectivity index (χ0v) is 11.2. The minimum atomic E-state index is 0.447. The molecule has 1 aromatic heterocycles. The van der Waals surface area contributed by atoms with Gasteiger partial charge in [-0.1, -0.05) is 12.1 Å². The maximum absolute atomic E-state index is 10.4. The van der Waals surface area contributed by atoms with Crippen molar-refractivity contribution in [2.24, 2.45) is 0 Å². The lowest BCUT2D eigenvalue weighted by atomic mass is 10.1. The average Bonchev–Trinajstić information content (AvgIpc) is 2.37. The molecule has 0 aliphatic heterocycles. The topological polar surface area (TPSA) is 39.2 Å². The highest BCUT2D eigenvalue weighted by Gasteiger charge is 1.99. The molecule has 3 heteroatoms. The molecule has 98 valence electrons. The van der Waals surface area contributed by atoms with Gasteiger partial charge in [0.2, 0.25) is 0 Å². The summed E-state index contributed by atoms with van der Waals surface area (Å²) in [7, 11) is 0. The maximum atomic E-state index is 10.4. The fourth-order valence-corrected chi connectivity index (χ4v) is 1.99. The molecule has 0 unspecified atom stereocenters. The molecule has 2 rings (SSSR count). The number of carbonyl (C=O) groups excluding carboxylic acids is 1. The quantitative estimate of drug-likeness (QED) is 0.771. The highest BCUT2D eigenvalue weighted by Crippen LogP contribution is 2.15. The van der Waals surface area contributed by atoms with Crippen LogP contribution in [0, 0.1) is 13.8 Å². The molecule has 0 saturated heterocycles. The van der Waals surface area contributed by atoms with Crippen molar-refractivity contribution < 1.29 is 9.53 Å². The van der Waals surface area contributed by atoms with E-state index in [0.717, 1.165) is 34.6 Å². The molecule has 1 heterocycles. The highest BCUT2D eigenvalue weighted by molar-refractivity contribution is 5.55. The summed E-state index contributed by atoms with van der Waals surface area (Å²) in [6, 6.07) is 11.6. The van der Waals surface area contributed by atoms with Crippen LogP contribution in [0.1, 0.15) is 22.5 Å². The van der Waals surface area contributed by atoms with Crippen LogP contribution >= 0.6 is 0 Å². The van der Waals surface area contributed by atoms with E-state index < -0.39 is 0 Å². The first kappa shape index (κ1) is 13.3. The number of aromatic nitrogens is 1. The van der Waals surface area contributed by atoms with Crippen LogP contribution in [0.3, 0.4) is 0 Å². The Bertz CT molecular complexity index is 541. The number of hydrogen-bond acceptors (Lipinski definition) is 3. The smallest absolute Gasteiger partial charge is 0.124 e. The van der Waals surface area contributed by atoms with Crippen LogP contribution in [0.5, 0.6) is 5.75 Å². The van der Waals surface area contributed by atoms with Gasteiger partial charge < -0.3 is 9.53 Å². The summed E-state index contributed by atoms with van der Waals surface area (Å²) in [5.41, 5.74) is 4.11. The molecule has 0 fully saturated rings. The van der Waals surface area contributed by atoms with Gasteiger partial charge in [-0.2, -0.15) is 0 Å². The molecule has 0 atom stereocenters. The zero-order valence-electron chi connectivity index (χ0n) is 11.2. The lowest BCUT2D eigenvalue weighted by molar-refractivity contribution is -0.107. The minimum Gasteiger partial charge on any atom is -0.489 e. The Labute approximate surface area is 113 Å². The van der Waals surface area contributed by atoms with Gasteiger partial charge in [0.1, 0.15) is 18.6 Å². The Morgan fingerprint density at radius 3 is 2.26 bits per heavy atom. The first-order chi connectivity index (χ1) is 9.17. The van der Waals surface area contributed by atoms with Crippen LogP contribution in [0.4, 0.5) is 0 Å². The number of ether oxygens (including phenoxy) is 1. The van der Waals surface area contributed by atoms with Gasteiger partial charge in [-0.15, -0.1) is 0 Å². The molecule has 0 aliphatic carbocycles. The van der Waals surface area contributed by atoms with Crippen LogP contribution in [0.25, 0.3) is 0 Å². The van der Waals surface area contributed by atoms with Gasteiger partial charge >= 0.3 is 0 Å². The van der Waals surface area contributed by atoms with Crippen molar-refractivity contribution in [2.45, 2.75) is 26.9 Å². The first-order valence-corrected chi connectivity index (χ1v) is 6.27. The summed E-state index contributed by atoms with van der Waals surface area (Å²) < 4.78 is 5.72. The van der Waals surface area contributed by atoms with Crippen molar-refractivity contribution in [3.63, 3.8) is 0 Å². The normalized spacial score (nSPS) is 10.2. The molecular weight excluding hydrogens is 238 g/mol. The lowest BCUT2D eigenvalue weighted by Crippen LogP contribution is -1.98. The third-order valence-corrected chi connectivity index (χ3v) is 2.79. The Hall–Kier alpha value is -2.16. The minimum absolute atomic E-state index is 0.447. The molecule has 2 aromatic rings. The predicted molar refractivity (Wildman–Crippen MR) is 74.3 cm³/mol. The van der Waals surface area contributed by atoms with E-state index in [0.29, 0.717) is 13.0 Å². The van der Waals surface area contributed by atoms with Crippen LogP contribution < -0.4 is 4.74 Å². The Morgan fingerprint density at radius 1 is 1.05 bits per heavy atom. The standard InChI is InChI=1S/C16H17NO2/c1-12-9-15(10-13(2)17-12)11-19-16-5-3-14(4-6-16)7-8-18/h3-6,8-10H,7,11H2,1-2H3. The summed E-state index contributed by atoms with van der Waals surface area (Å²) in [6.45, 7) is 4.48. The van der Waals surface area contributed by atoms with Crippen LogP contribution in [0.15, 0.2) is 36.4 Å². The van der Waals surface area contributed by atoms with Crippen molar-refractivity contribution >= 4 is 6.29 Å². The number of carbonyl (C=O) groups is 1. The Morgan fingerprint density at radius 2 is 1.68 bits per heavy atom. The Balaban J connectivity index is 1.99. The number of hydrogen-bond donors (Lipinski definition) is 0. The second-order valence-corrected chi connectivity index (χ2v) is 4.56. The summed E-state index contributed by atoms with van der Waals surface area (Å²) in [4.78, 5) is 14.7. The monoisotopic (exact) mass is 255 g/mol. The van der Waals surface area contributed by atoms with Gasteiger partial charge in [0.05, 0.1) is 0 Å². The number of pyridine rings is 1. The first-order valence-electron chi connectivity index (χ1n) is 6.27. The Kier molecular flexibility index (Phi) is 4.29. The van der Waals surface area contributed by atoms with Gasteiger partial charge in [-0.05, 0) is 49.2 Å². The number of nitrogens with zero attached hydrogens (tertiary/aromatic N) is 1. The van der Waals surface area contributed by atoms with E-state index in [-0.39, 0.29) is 0 Å². The molecule has 0 spiro atoms. The lowest BCUT2D eigenvalue weighted by Gasteiger charge is -2.08. The highest BCUT2D eigenvalue weighted by atomic mass is 16.5. The number of aryl methyl sites for hydroxylation is 2. The van der Waals surface area contributed by atoms with Crippen LogP contribution in [-0.2, 0) is 17.8 Å². The third-order valence-electron chi connectivity index (χ3n) is 2.79. The summed E-state index contributed by atoms with van der Waals surface area (Å²) in [6.07, 6.45) is 1.35. The molecule has 1 aromatic carbocycles. The van der Waals surface area contributed by atoms with Gasteiger partial charge in [0, 0.05) is 17.8 Å². The predicted octanol–water partition coefficient (Wildman–Crippen LogP) is 3.02. The number of aldehydes is 1. The van der Waals surface area contributed by atoms with E-state index in [1.807, 2.05) is 50.2 Å². The summed E-state index contributed by atoms with van der Waals surface area (Å²) >= 11 is 0. The average molecular weight is 255 g/mol. The second-order valence-electron chi connectivity index (χ2n) is 4.56. The van der Waals surface area contributed by atoms with E-state index in [2.05, 4.69) is 4.98 Å². The fourth-order valence-electron chi connectivity index (χ4n) is 1.99. The number of benzene rings is 1. The summed E-state index contributed by atoms with van der Waals surface area (Å²) in [5.74, 6) is 0.807. The van der Waals surface area contributed by atoms with E-state index in [4.69, 9.17) is 4.74 Å². The molecule has 0 N–H and O–H groups in total. The van der Waals surface area contributed by atoms with Crippen molar-refractivity contribution in [1.29, 1.82) is 0 Å². The van der Waals surface area contributed by atoms with Crippen LogP contribution in [0.2, 0.25) is 0 Å². The van der Waals surface area contributed by atoms with E-state index in [1.54, 1.807) is 0 Å². The molecule has 0 amide bonds. The molecule has 19 heavy (non-hydrogen) atoms. The summed E-state index contributed by atoms with van der Waals surface area (Å²) in [5, 5.41) is 0. The van der Waals surface area contributed by atoms with Gasteiger partial charge in [0.15, 0.2) is 0 Å². The number of rotatable bonds is 5. The van der Waals surface area contributed by atoms with Crippen LogP contribution in [-0.4, -0.2) is 11.3 Å². The molecular formula is C16H17NO2. The second kappa shape index (κ2) is 6.14. The fraction of sp³-hybridized carbons (Fsp3) is 0.250. The molecule has 0 saturated carbocycles. The van der Waals surface area contributed by atoms with Crippen molar-refractivity contribution in [2.75, 3.05) is 0 Å².